The van der Waals surface area contributed by atoms with Crippen LogP contribution in [-0.2, 0) is 10.2 Å². The summed E-state index contributed by atoms with van der Waals surface area (Å²) in [4.78, 5) is 27.9. The smallest absolute Gasteiger partial charge is 0.407 e. The molecule has 0 aliphatic heterocycles. The number of fused-ring (bicyclic) bond motifs is 3. The first-order valence-corrected chi connectivity index (χ1v) is 13.2. The van der Waals surface area contributed by atoms with E-state index in [9.17, 15) is 9.59 Å². The predicted octanol–water partition coefficient (Wildman–Crippen LogP) is 7.00. The SMILES string of the molecule is CCC(CC)(CNC(=O)OC(C)(C)C)c1ccc(-c2c(OC)ccc3[nH]c(=O)c4sccc4c23)cc1. The van der Waals surface area contributed by atoms with E-state index in [0.717, 1.165) is 51.6 Å². The number of pyridine rings is 1. The molecule has 0 atom stereocenters. The lowest BCUT2D eigenvalue weighted by atomic mass is 9.75. The van der Waals surface area contributed by atoms with E-state index in [2.05, 4.69) is 48.4 Å². The van der Waals surface area contributed by atoms with Crippen LogP contribution in [0.1, 0.15) is 53.0 Å². The van der Waals surface area contributed by atoms with Gasteiger partial charge < -0.3 is 19.8 Å². The molecule has 0 fully saturated rings. The van der Waals surface area contributed by atoms with E-state index in [4.69, 9.17) is 9.47 Å². The van der Waals surface area contributed by atoms with Crippen molar-refractivity contribution >= 4 is 38.4 Å². The third-order valence-electron chi connectivity index (χ3n) is 6.89. The molecule has 4 rings (SSSR count). The molecule has 2 aromatic heterocycles. The number of benzene rings is 2. The van der Waals surface area contributed by atoms with Crippen molar-refractivity contribution in [3.05, 3.63) is 63.8 Å². The third kappa shape index (κ3) is 4.85. The van der Waals surface area contributed by atoms with Crippen molar-refractivity contribution in [1.82, 2.24) is 10.3 Å². The summed E-state index contributed by atoms with van der Waals surface area (Å²) >= 11 is 1.44. The van der Waals surface area contributed by atoms with E-state index >= 15 is 0 Å². The molecule has 0 radical (unpaired) electrons. The van der Waals surface area contributed by atoms with Crippen LogP contribution >= 0.6 is 11.3 Å². The minimum Gasteiger partial charge on any atom is -0.496 e. The minimum absolute atomic E-state index is 0.0767. The lowest BCUT2D eigenvalue weighted by Crippen LogP contribution is -2.42. The van der Waals surface area contributed by atoms with Crippen LogP contribution in [0.2, 0.25) is 0 Å². The summed E-state index contributed by atoms with van der Waals surface area (Å²) in [6.45, 7) is 10.4. The molecule has 4 aromatic rings. The third-order valence-corrected chi connectivity index (χ3v) is 7.80. The molecule has 0 saturated carbocycles. The number of thiophene rings is 1. The summed E-state index contributed by atoms with van der Waals surface area (Å²) in [7, 11) is 1.66. The van der Waals surface area contributed by atoms with Gasteiger partial charge in [-0.1, -0.05) is 38.1 Å². The number of carbonyl (C=O) groups excluding carboxylic acids is 1. The van der Waals surface area contributed by atoms with Crippen molar-refractivity contribution in [1.29, 1.82) is 0 Å². The van der Waals surface area contributed by atoms with Gasteiger partial charge in [-0.25, -0.2) is 4.79 Å². The topological polar surface area (TPSA) is 80.4 Å². The van der Waals surface area contributed by atoms with Gasteiger partial charge in [0.25, 0.3) is 5.56 Å². The minimum atomic E-state index is -0.539. The highest BCUT2D eigenvalue weighted by Gasteiger charge is 2.30. The van der Waals surface area contributed by atoms with Crippen LogP contribution in [0.4, 0.5) is 4.79 Å². The van der Waals surface area contributed by atoms with Crippen LogP contribution in [0.25, 0.3) is 32.1 Å². The molecule has 0 aliphatic carbocycles. The van der Waals surface area contributed by atoms with Crippen molar-refractivity contribution in [3.63, 3.8) is 0 Å². The van der Waals surface area contributed by atoms with Crippen molar-refractivity contribution in [2.75, 3.05) is 13.7 Å². The number of nitrogens with one attached hydrogen (secondary N) is 2. The van der Waals surface area contributed by atoms with Gasteiger partial charge >= 0.3 is 6.09 Å². The molecule has 36 heavy (non-hydrogen) atoms. The van der Waals surface area contributed by atoms with Crippen molar-refractivity contribution in [2.24, 2.45) is 0 Å². The lowest BCUT2D eigenvalue weighted by Gasteiger charge is -2.33. The van der Waals surface area contributed by atoms with E-state index < -0.39 is 11.7 Å². The van der Waals surface area contributed by atoms with E-state index in [1.165, 1.54) is 11.3 Å². The van der Waals surface area contributed by atoms with E-state index in [1.807, 2.05) is 44.4 Å². The Labute approximate surface area is 215 Å². The lowest BCUT2D eigenvalue weighted by molar-refractivity contribution is 0.0512. The Morgan fingerprint density at radius 3 is 2.33 bits per heavy atom. The Morgan fingerprint density at radius 2 is 1.72 bits per heavy atom. The first kappa shape index (κ1) is 25.8. The predicted molar refractivity (Wildman–Crippen MR) is 148 cm³/mol. The van der Waals surface area contributed by atoms with Crippen molar-refractivity contribution < 1.29 is 14.3 Å². The molecule has 7 heteroatoms. The Morgan fingerprint density at radius 1 is 1.03 bits per heavy atom. The number of carbonyl (C=O) groups is 1. The van der Waals surface area contributed by atoms with E-state index in [1.54, 1.807) is 7.11 Å². The van der Waals surface area contributed by atoms with Gasteiger partial charge in [-0.3, -0.25) is 4.79 Å². The van der Waals surface area contributed by atoms with Gasteiger partial charge in [0.15, 0.2) is 0 Å². The summed E-state index contributed by atoms with van der Waals surface area (Å²) < 4.78 is 11.9. The van der Waals surface area contributed by atoms with Crippen LogP contribution in [0, 0.1) is 0 Å². The van der Waals surface area contributed by atoms with Gasteiger partial charge in [-0.2, -0.15) is 0 Å². The molecule has 2 aromatic carbocycles. The van der Waals surface area contributed by atoms with Gasteiger partial charge in [0.1, 0.15) is 16.1 Å². The Kier molecular flexibility index (Phi) is 7.14. The zero-order valence-corrected chi connectivity index (χ0v) is 22.6. The molecule has 2 N–H and O–H groups in total. The quantitative estimate of drug-likeness (QED) is 0.283. The van der Waals surface area contributed by atoms with Crippen LogP contribution in [0.3, 0.4) is 0 Å². The molecular formula is C29H34N2O4S. The number of rotatable bonds is 7. The summed E-state index contributed by atoms with van der Waals surface area (Å²) in [5.41, 5.74) is 3.05. The second-order valence-electron chi connectivity index (χ2n) is 10.1. The standard InChI is InChI=1S/C29H34N2O4S/c1-7-29(8-2,17-30-27(33)35-28(3,4)5)19-11-9-18(10-12-19)23-22(34-6)14-13-21-24(23)20-15-16-36-25(20)26(32)31-21/h9-16H,7-8,17H2,1-6H3,(H,30,33)(H,31,32). The fraction of sp³-hybridized carbons (Fsp3) is 0.379. The summed E-state index contributed by atoms with van der Waals surface area (Å²) in [5.74, 6) is 0.749. The van der Waals surface area contributed by atoms with Gasteiger partial charge in [-0.05, 0) is 68.3 Å². The maximum atomic E-state index is 12.5. The molecule has 6 nitrogen and oxygen atoms in total. The summed E-state index contributed by atoms with van der Waals surface area (Å²) in [6, 6.07) is 14.3. The first-order chi connectivity index (χ1) is 17.1. The highest BCUT2D eigenvalue weighted by Crippen LogP contribution is 2.41. The monoisotopic (exact) mass is 506 g/mol. The number of methoxy groups -OCH3 is 1. The van der Waals surface area contributed by atoms with Gasteiger partial charge in [0, 0.05) is 33.8 Å². The number of alkyl carbamates (subject to hydrolysis) is 1. The van der Waals surface area contributed by atoms with Gasteiger partial charge in [-0.15, -0.1) is 11.3 Å². The highest BCUT2D eigenvalue weighted by molar-refractivity contribution is 7.17. The number of ether oxygens (including phenoxy) is 2. The number of hydrogen-bond acceptors (Lipinski definition) is 5. The van der Waals surface area contributed by atoms with Gasteiger partial charge in [0.05, 0.1) is 7.11 Å². The Balaban J connectivity index is 1.75. The normalized spacial score (nSPS) is 12.2. The fourth-order valence-electron chi connectivity index (χ4n) is 4.84. The summed E-state index contributed by atoms with van der Waals surface area (Å²) in [6.07, 6.45) is 1.33. The molecule has 1 amide bonds. The number of aromatic nitrogens is 1. The number of hydrogen-bond donors (Lipinski definition) is 2. The van der Waals surface area contributed by atoms with Crippen LogP contribution < -0.4 is 15.6 Å². The Hall–Kier alpha value is -3.32. The molecule has 190 valence electrons. The van der Waals surface area contributed by atoms with Crippen LogP contribution in [0.5, 0.6) is 5.75 Å². The van der Waals surface area contributed by atoms with Crippen LogP contribution in [-0.4, -0.2) is 30.3 Å². The average molecular weight is 507 g/mol. The molecular weight excluding hydrogens is 472 g/mol. The number of H-pyrrole nitrogens is 1. The summed E-state index contributed by atoms with van der Waals surface area (Å²) in [5, 5.41) is 6.82. The van der Waals surface area contributed by atoms with Crippen LogP contribution in [0.15, 0.2) is 52.6 Å². The van der Waals surface area contributed by atoms with Gasteiger partial charge in [0.2, 0.25) is 0 Å². The second kappa shape index (κ2) is 9.97. The zero-order valence-electron chi connectivity index (χ0n) is 21.8. The average Bonchev–Trinajstić information content (AvgIpc) is 3.35. The maximum Gasteiger partial charge on any atom is 0.407 e. The molecule has 0 bridgehead atoms. The molecule has 0 aliphatic rings. The highest BCUT2D eigenvalue weighted by atomic mass is 32.1. The zero-order chi connectivity index (χ0) is 26.1. The molecule has 2 heterocycles. The van der Waals surface area contributed by atoms with E-state index in [-0.39, 0.29) is 11.0 Å². The molecule has 0 saturated heterocycles. The number of amides is 1. The second-order valence-corrected chi connectivity index (χ2v) is 11.0. The first-order valence-electron chi connectivity index (χ1n) is 12.3. The number of aromatic amines is 1. The molecule has 0 unspecified atom stereocenters. The maximum absolute atomic E-state index is 12.5. The van der Waals surface area contributed by atoms with Crippen molar-refractivity contribution in [2.45, 2.75) is 58.5 Å². The van der Waals surface area contributed by atoms with Crippen molar-refractivity contribution in [3.8, 4) is 16.9 Å². The fourth-order valence-corrected chi connectivity index (χ4v) is 5.64. The molecule has 0 spiro atoms. The largest absolute Gasteiger partial charge is 0.496 e. The Bertz CT molecular complexity index is 1440. The van der Waals surface area contributed by atoms with E-state index in [0.29, 0.717) is 11.2 Å².